The molecule has 2 aromatic carbocycles. The number of rotatable bonds is 7. The molecule has 0 aliphatic heterocycles. The minimum absolute atomic E-state index is 0.211. The van der Waals surface area contributed by atoms with Gasteiger partial charge in [-0.05, 0) is 49.6 Å². The zero-order chi connectivity index (χ0) is 16.7. The second-order valence-electron chi connectivity index (χ2n) is 5.55. The van der Waals surface area contributed by atoms with Crippen LogP contribution in [0.1, 0.15) is 17.3 Å². The van der Waals surface area contributed by atoms with Gasteiger partial charge in [0.15, 0.2) is 0 Å². The van der Waals surface area contributed by atoms with E-state index in [0.29, 0.717) is 17.1 Å². The van der Waals surface area contributed by atoms with Crippen molar-refractivity contribution >= 4 is 17.7 Å². The predicted octanol–water partition coefficient (Wildman–Crippen LogP) is 3.32. The van der Waals surface area contributed by atoms with Gasteiger partial charge < -0.3 is 15.2 Å². The first-order valence-corrected chi connectivity index (χ1v) is 8.72. The lowest BCUT2D eigenvalue weighted by atomic mass is 10.1. The number of amides is 1. The number of carbonyl (C=O) groups is 1. The second-order valence-corrected chi connectivity index (χ2v) is 6.42. The third kappa shape index (κ3) is 5.62. The molecule has 0 spiro atoms. The van der Waals surface area contributed by atoms with Gasteiger partial charge in [-0.25, -0.2) is 0 Å². The fourth-order valence-corrected chi connectivity index (χ4v) is 2.76. The van der Waals surface area contributed by atoms with Crippen LogP contribution in [0, 0.1) is 0 Å². The Kier molecular flexibility index (Phi) is 6.07. The number of benzene rings is 2. The quantitative estimate of drug-likeness (QED) is 0.817. The van der Waals surface area contributed by atoms with Crippen LogP contribution in [-0.4, -0.2) is 35.2 Å². The maximum Gasteiger partial charge on any atom is 0.251 e. The predicted molar refractivity (Wildman–Crippen MR) is 94.3 cm³/mol. The molecule has 2 rings (SSSR count). The topological polar surface area (TPSA) is 58.6 Å². The molecule has 0 saturated heterocycles. The van der Waals surface area contributed by atoms with Gasteiger partial charge in [0.1, 0.15) is 11.5 Å². The first-order valence-electron chi connectivity index (χ1n) is 7.33. The number of thioether (sulfide) groups is 1. The van der Waals surface area contributed by atoms with Gasteiger partial charge in [0.25, 0.3) is 5.91 Å². The van der Waals surface area contributed by atoms with Crippen LogP contribution >= 0.6 is 11.8 Å². The van der Waals surface area contributed by atoms with Gasteiger partial charge in [0.2, 0.25) is 0 Å². The highest BCUT2D eigenvalue weighted by Gasteiger charge is 2.20. The monoisotopic (exact) mass is 331 g/mol. The lowest BCUT2D eigenvalue weighted by Gasteiger charge is -2.22. The van der Waals surface area contributed by atoms with Gasteiger partial charge in [-0.1, -0.05) is 18.2 Å². The number of ether oxygens (including phenoxy) is 1. The second kappa shape index (κ2) is 8.04. The highest BCUT2D eigenvalue weighted by molar-refractivity contribution is 7.98. The Morgan fingerprint density at radius 3 is 2.35 bits per heavy atom. The molecule has 0 fully saturated rings. The van der Waals surface area contributed by atoms with E-state index in [1.807, 2.05) is 36.6 Å². The maximum absolute atomic E-state index is 12.1. The van der Waals surface area contributed by atoms with Crippen molar-refractivity contribution in [1.82, 2.24) is 5.32 Å². The van der Waals surface area contributed by atoms with Gasteiger partial charge in [0, 0.05) is 17.9 Å². The van der Waals surface area contributed by atoms with Gasteiger partial charge in [-0.3, -0.25) is 4.79 Å². The number of nitrogens with one attached hydrogen (secondary N) is 1. The molecule has 0 unspecified atom stereocenters. The summed E-state index contributed by atoms with van der Waals surface area (Å²) in [6, 6.07) is 16.4. The first-order chi connectivity index (χ1) is 11.0. The van der Waals surface area contributed by atoms with Crippen molar-refractivity contribution < 1.29 is 14.6 Å². The van der Waals surface area contributed by atoms with Crippen molar-refractivity contribution in [2.45, 2.75) is 12.5 Å². The molecule has 0 heterocycles. The van der Waals surface area contributed by atoms with Crippen molar-refractivity contribution in [1.29, 1.82) is 0 Å². The summed E-state index contributed by atoms with van der Waals surface area (Å²) in [5, 5.41) is 12.8. The molecule has 122 valence electrons. The summed E-state index contributed by atoms with van der Waals surface area (Å²) >= 11 is 1.54. The highest BCUT2D eigenvalue weighted by atomic mass is 32.2. The molecule has 23 heavy (non-hydrogen) atoms. The largest absolute Gasteiger partial charge is 0.457 e. The van der Waals surface area contributed by atoms with Crippen molar-refractivity contribution in [2.24, 2.45) is 0 Å². The normalized spacial score (nSPS) is 13.2. The minimum Gasteiger partial charge on any atom is -0.457 e. The zero-order valence-corrected chi connectivity index (χ0v) is 14.1. The molecule has 0 aliphatic carbocycles. The Hall–Kier alpha value is -1.98. The van der Waals surface area contributed by atoms with E-state index in [-0.39, 0.29) is 12.5 Å². The fourth-order valence-electron chi connectivity index (χ4n) is 2.03. The summed E-state index contributed by atoms with van der Waals surface area (Å²) in [5.74, 6) is 1.77. The van der Waals surface area contributed by atoms with E-state index in [0.717, 1.165) is 5.75 Å². The van der Waals surface area contributed by atoms with E-state index in [1.54, 1.807) is 43.0 Å². The molecule has 0 aromatic heterocycles. The third-order valence-electron chi connectivity index (χ3n) is 3.18. The summed E-state index contributed by atoms with van der Waals surface area (Å²) in [6.07, 6.45) is 1.92. The van der Waals surface area contributed by atoms with Crippen LogP contribution < -0.4 is 10.1 Å². The van der Waals surface area contributed by atoms with Gasteiger partial charge >= 0.3 is 0 Å². The number of hydrogen-bond acceptors (Lipinski definition) is 4. The van der Waals surface area contributed by atoms with E-state index in [2.05, 4.69) is 5.32 Å². The van der Waals surface area contributed by atoms with Gasteiger partial charge in [-0.2, -0.15) is 11.8 Å². The molecule has 0 bridgehead atoms. The Labute approximate surface area is 140 Å². The smallest absolute Gasteiger partial charge is 0.251 e. The van der Waals surface area contributed by atoms with Crippen molar-refractivity contribution in [2.75, 3.05) is 18.6 Å². The lowest BCUT2D eigenvalue weighted by Crippen LogP contribution is -2.42. The van der Waals surface area contributed by atoms with Gasteiger partial charge in [-0.15, -0.1) is 0 Å². The van der Waals surface area contributed by atoms with Crippen LogP contribution in [0.15, 0.2) is 54.6 Å². The molecule has 0 saturated carbocycles. The summed E-state index contributed by atoms with van der Waals surface area (Å²) in [4.78, 5) is 12.1. The van der Waals surface area contributed by atoms with E-state index in [9.17, 15) is 9.90 Å². The van der Waals surface area contributed by atoms with E-state index < -0.39 is 5.60 Å². The molecule has 1 atom stereocenters. The molecule has 5 heteroatoms. The average Bonchev–Trinajstić information content (AvgIpc) is 2.54. The van der Waals surface area contributed by atoms with Crippen molar-refractivity contribution in [3.8, 4) is 11.5 Å². The minimum atomic E-state index is -0.911. The van der Waals surface area contributed by atoms with Crippen LogP contribution in [0.4, 0.5) is 0 Å². The Balaban J connectivity index is 1.92. The lowest BCUT2D eigenvalue weighted by molar-refractivity contribution is 0.0725. The van der Waals surface area contributed by atoms with E-state index in [1.165, 1.54) is 0 Å². The Morgan fingerprint density at radius 1 is 1.13 bits per heavy atom. The van der Waals surface area contributed by atoms with Crippen molar-refractivity contribution in [3.05, 3.63) is 60.2 Å². The molecule has 0 aliphatic rings. The average molecular weight is 331 g/mol. The van der Waals surface area contributed by atoms with Crippen LogP contribution in [0.2, 0.25) is 0 Å². The van der Waals surface area contributed by atoms with Crippen LogP contribution in [0.25, 0.3) is 0 Å². The fraction of sp³-hybridized carbons (Fsp3) is 0.278. The van der Waals surface area contributed by atoms with Gasteiger partial charge in [0.05, 0.1) is 5.60 Å². The molecule has 2 N–H and O–H groups in total. The summed E-state index contributed by atoms with van der Waals surface area (Å²) in [6.45, 7) is 1.93. The molecule has 0 radical (unpaired) electrons. The maximum atomic E-state index is 12.1. The zero-order valence-electron chi connectivity index (χ0n) is 13.3. The Bertz CT molecular complexity index is 626. The number of para-hydroxylation sites is 1. The Morgan fingerprint density at radius 2 is 1.74 bits per heavy atom. The molecule has 1 amide bonds. The molecular weight excluding hydrogens is 310 g/mol. The molecule has 2 aromatic rings. The van der Waals surface area contributed by atoms with E-state index in [4.69, 9.17) is 4.74 Å². The number of aliphatic hydroxyl groups is 1. The summed E-state index contributed by atoms with van der Waals surface area (Å²) in [5.41, 5.74) is -0.379. The highest BCUT2D eigenvalue weighted by Crippen LogP contribution is 2.21. The van der Waals surface area contributed by atoms with Crippen LogP contribution in [-0.2, 0) is 0 Å². The molecule has 4 nitrogen and oxygen atoms in total. The number of carbonyl (C=O) groups excluding carboxylic acids is 1. The SMILES string of the molecule is CSC[C@](C)(O)CNC(=O)c1ccc(Oc2ccccc2)cc1. The number of hydrogen-bond donors (Lipinski definition) is 2. The summed E-state index contributed by atoms with van der Waals surface area (Å²) in [7, 11) is 0. The molecular formula is C18H21NO3S. The van der Waals surface area contributed by atoms with Crippen LogP contribution in [0.3, 0.4) is 0 Å². The standard InChI is InChI=1S/C18H21NO3S/c1-18(21,13-23-2)12-19-17(20)14-8-10-16(11-9-14)22-15-6-4-3-5-7-15/h3-11,21H,12-13H2,1-2H3,(H,19,20)/t18-/m1/s1. The summed E-state index contributed by atoms with van der Waals surface area (Å²) < 4.78 is 5.68. The third-order valence-corrected chi connectivity index (χ3v) is 4.09. The first kappa shape index (κ1) is 17.4. The van der Waals surface area contributed by atoms with Crippen LogP contribution in [0.5, 0.6) is 11.5 Å². The van der Waals surface area contributed by atoms with E-state index >= 15 is 0 Å². The van der Waals surface area contributed by atoms with Crippen molar-refractivity contribution in [3.63, 3.8) is 0 Å².